The van der Waals surface area contributed by atoms with E-state index >= 15 is 0 Å². The summed E-state index contributed by atoms with van der Waals surface area (Å²) < 4.78 is 17.1. The standard InChI is InChI=1S/C27H35N5O2S/c1-18(2)23-14-21(27-29-12-7-13-30-27)15-24(19(3)4)25(23)16-26(33)31-35(28,34)22-10-8-20(9-11-22)17-32(5)6/h7-8,10,12-14,18-19,24H,15-17H2,1-6H3,(H2,28,31,33,34). The first-order valence-electron chi connectivity index (χ1n) is 11.8. The van der Waals surface area contributed by atoms with Crippen molar-refractivity contribution in [1.29, 1.82) is 0 Å². The lowest BCUT2D eigenvalue weighted by molar-refractivity contribution is -0.117. The molecule has 2 aromatic rings. The number of hydrogen-bond acceptors (Lipinski definition) is 5. The van der Waals surface area contributed by atoms with Gasteiger partial charge in [0.05, 0.1) is 6.42 Å². The quantitative estimate of drug-likeness (QED) is 0.585. The molecule has 0 bridgehead atoms. The minimum Gasteiger partial charge on any atom is -0.304 e. The fourth-order valence-corrected chi connectivity index (χ4v) is 5.27. The Hall–Kier alpha value is -2.86. The van der Waals surface area contributed by atoms with Crippen molar-refractivity contribution in [2.45, 2.75) is 52.0 Å². The third kappa shape index (κ3) is 6.85. The molecule has 35 heavy (non-hydrogen) atoms. The van der Waals surface area contributed by atoms with Gasteiger partial charge in [-0.3, -0.25) is 4.79 Å². The van der Waals surface area contributed by atoms with E-state index < -0.39 is 15.8 Å². The van der Waals surface area contributed by atoms with Crippen LogP contribution in [0.3, 0.4) is 0 Å². The van der Waals surface area contributed by atoms with Crippen LogP contribution in [0.4, 0.5) is 0 Å². The summed E-state index contributed by atoms with van der Waals surface area (Å²) in [7, 11) is 0.476. The fraction of sp³-hybridized carbons (Fsp3) is 0.444. The van der Waals surface area contributed by atoms with Gasteiger partial charge in [-0.15, -0.1) is 4.36 Å². The number of nitrogens with zero attached hydrogens (tertiary/aromatic N) is 4. The van der Waals surface area contributed by atoms with Gasteiger partial charge >= 0.3 is 0 Å². The minimum atomic E-state index is -3.42. The minimum absolute atomic E-state index is 0.0758. The van der Waals surface area contributed by atoms with Gasteiger partial charge < -0.3 is 4.90 Å². The molecule has 7 nitrogen and oxygen atoms in total. The van der Waals surface area contributed by atoms with Gasteiger partial charge in [0.1, 0.15) is 14.8 Å². The average molecular weight is 494 g/mol. The SMILES string of the molecule is CC(C)C1=C(CC(=O)N=S(N)(=O)c2c#cc(CN(C)C)cc2)C(C(C)C)CC(c2ncccn2)=C1. The highest BCUT2D eigenvalue weighted by molar-refractivity contribution is 7.91. The number of nitrogens with two attached hydrogens (primary N) is 1. The lowest BCUT2D eigenvalue weighted by Gasteiger charge is -2.32. The molecule has 2 unspecified atom stereocenters. The molecule has 0 spiro atoms. The lowest BCUT2D eigenvalue weighted by Crippen LogP contribution is -2.22. The van der Waals surface area contributed by atoms with Crippen LogP contribution in [0.2, 0.25) is 0 Å². The highest BCUT2D eigenvalue weighted by Gasteiger charge is 2.30. The monoisotopic (exact) mass is 493 g/mol. The highest BCUT2D eigenvalue weighted by Crippen LogP contribution is 2.41. The van der Waals surface area contributed by atoms with E-state index in [9.17, 15) is 9.00 Å². The first-order valence-corrected chi connectivity index (χ1v) is 13.4. The van der Waals surface area contributed by atoms with Gasteiger partial charge in [-0.2, -0.15) is 0 Å². The molecular formula is C27H35N5O2S. The summed E-state index contributed by atoms with van der Waals surface area (Å²) in [5.41, 5.74) is 4.05. The smallest absolute Gasteiger partial charge is 0.259 e. The van der Waals surface area contributed by atoms with E-state index in [0.717, 1.165) is 28.7 Å². The van der Waals surface area contributed by atoms with Crippen molar-refractivity contribution in [3.8, 4) is 0 Å². The first kappa shape index (κ1) is 26.7. The molecule has 8 heteroatoms. The molecule has 1 aromatic carbocycles. The zero-order valence-electron chi connectivity index (χ0n) is 21.4. The summed E-state index contributed by atoms with van der Waals surface area (Å²) in [5.74, 6) is 0.811. The number of hydrogen-bond donors (Lipinski definition) is 1. The van der Waals surface area contributed by atoms with Gasteiger partial charge in [0.15, 0.2) is 5.82 Å². The number of carbonyl (C=O) groups is 1. The molecule has 0 saturated heterocycles. The summed E-state index contributed by atoms with van der Waals surface area (Å²) >= 11 is 0. The van der Waals surface area contributed by atoms with E-state index in [1.165, 1.54) is 0 Å². The molecule has 1 heterocycles. The van der Waals surface area contributed by atoms with Crippen molar-refractivity contribution in [2.24, 2.45) is 27.3 Å². The van der Waals surface area contributed by atoms with Gasteiger partial charge in [-0.05, 0) is 73.7 Å². The van der Waals surface area contributed by atoms with Crippen LogP contribution in [0.1, 0.15) is 51.9 Å². The molecule has 1 aliphatic rings. The number of carbonyl (C=O) groups excluding carboxylic acids is 1. The van der Waals surface area contributed by atoms with E-state index in [1.54, 1.807) is 30.6 Å². The Balaban J connectivity index is 1.94. The molecule has 0 radical (unpaired) electrons. The third-order valence-electron chi connectivity index (χ3n) is 6.03. The van der Waals surface area contributed by atoms with Gasteiger partial charge in [-0.25, -0.2) is 19.3 Å². The van der Waals surface area contributed by atoms with Crippen molar-refractivity contribution in [2.75, 3.05) is 14.1 Å². The molecule has 0 fully saturated rings. The van der Waals surface area contributed by atoms with E-state index in [-0.39, 0.29) is 29.1 Å². The molecule has 3 rings (SSSR count). The lowest BCUT2D eigenvalue weighted by atomic mass is 9.73. The van der Waals surface area contributed by atoms with Crippen LogP contribution in [0, 0.1) is 29.9 Å². The van der Waals surface area contributed by atoms with Crippen LogP contribution in [0.25, 0.3) is 5.57 Å². The molecule has 0 saturated carbocycles. The second-order valence-corrected chi connectivity index (χ2v) is 11.6. The van der Waals surface area contributed by atoms with Gasteiger partial charge in [0, 0.05) is 24.5 Å². The maximum Gasteiger partial charge on any atom is 0.259 e. The number of rotatable bonds is 8. The maximum atomic E-state index is 13.1. The van der Waals surface area contributed by atoms with Crippen molar-refractivity contribution in [3.05, 3.63) is 71.3 Å². The van der Waals surface area contributed by atoms with Gasteiger partial charge in [-0.1, -0.05) is 45.4 Å². The number of amides is 1. The molecule has 1 amide bonds. The zero-order valence-corrected chi connectivity index (χ0v) is 22.2. The summed E-state index contributed by atoms with van der Waals surface area (Å²) in [6, 6.07) is 11.0. The molecule has 2 atom stereocenters. The van der Waals surface area contributed by atoms with E-state index in [2.05, 4.69) is 60.2 Å². The molecule has 2 N–H and O–H groups in total. The van der Waals surface area contributed by atoms with Gasteiger partial charge in [0.2, 0.25) is 0 Å². The Labute approximate surface area is 209 Å². The van der Waals surface area contributed by atoms with Gasteiger partial charge in [0.25, 0.3) is 5.91 Å². The molecule has 0 aliphatic heterocycles. The first-order chi connectivity index (χ1) is 16.5. The third-order valence-corrected chi connectivity index (χ3v) is 7.37. The molecule has 1 aromatic heterocycles. The van der Waals surface area contributed by atoms with Crippen molar-refractivity contribution in [1.82, 2.24) is 14.9 Å². The summed E-state index contributed by atoms with van der Waals surface area (Å²) in [4.78, 5) is 24.1. The Kier molecular flexibility index (Phi) is 8.60. The van der Waals surface area contributed by atoms with Crippen molar-refractivity contribution < 1.29 is 9.00 Å². The van der Waals surface area contributed by atoms with Crippen LogP contribution in [-0.2, 0) is 21.3 Å². The van der Waals surface area contributed by atoms with Crippen LogP contribution in [0.5, 0.6) is 0 Å². The predicted octanol–water partition coefficient (Wildman–Crippen LogP) is 4.47. The highest BCUT2D eigenvalue weighted by atomic mass is 32.2. The van der Waals surface area contributed by atoms with Crippen LogP contribution < -0.4 is 5.14 Å². The Morgan fingerprint density at radius 2 is 1.89 bits per heavy atom. The predicted molar refractivity (Wildman–Crippen MR) is 139 cm³/mol. The Bertz CT molecular complexity index is 1220. The molecule has 1 aliphatic carbocycles. The summed E-state index contributed by atoms with van der Waals surface area (Å²) in [6.07, 6.45) is 6.39. The van der Waals surface area contributed by atoms with Crippen molar-refractivity contribution in [3.63, 3.8) is 0 Å². The second-order valence-electron chi connectivity index (χ2n) is 9.87. The van der Waals surface area contributed by atoms with Crippen LogP contribution >= 0.6 is 0 Å². The summed E-state index contributed by atoms with van der Waals surface area (Å²) in [5, 5.41) is 6.02. The van der Waals surface area contributed by atoms with E-state index in [0.29, 0.717) is 12.4 Å². The average Bonchev–Trinajstić information content (AvgIpc) is 2.79. The Morgan fingerprint density at radius 3 is 2.43 bits per heavy atom. The molecular weight excluding hydrogens is 458 g/mol. The number of aromatic nitrogens is 2. The van der Waals surface area contributed by atoms with E-state index in [4.69, 9.17) is 5.14 Å². The summed E-state index contributed by atoms with van der Waals surface area (Å²) in [6.45, 7) is 9.17. The molecule has 186 valence electrons. The maximum absolute atomic E-state index is 13.1. The topological polar surface area (TPSA) is 102 Å². The second kappa shape index (κ2) is 11.3. The number of allylic oxidation sites excluding steroid dienone is 3. The van der Waals surface area contributed by atoms with Crippen molar-refractivity contribution >= 4 is 21.4 Å². The Morgan fingerprint density at radius 1 is 1.20 bits per heavy atom. The van der Waals surface area contributed by atoms with Crippen LogP contribution in [0.15, 0.2) is 57.1 Å². The fourth-order valence-electron chi connectivity index (χ4n) is 4.34. The normalized spacial score (nSPS) is 17.9. The van der Waals surface area contributed by atoms with Crippen LogP contribution in [-0.4, -0.2) is 39.1 Å². The van der Waals surface area contributed by atoms with E-state index in [1.807, 2.05) is 19.0 Å². The zero-order chi connectivity index (χ0) is 25.8. The largest absolute Gasteiger partial charge is 0.304 e.